The number of likely N-dealkylation sites (tertiary alicyclic amines) is 1. The van der Waals surface area contributed by atoms with Gasteiger partial charge in [-0.3, -0.25) is 4.79 Å². The van der Waals surface area contributed by atoms with Crippen molar-refractivity contribution in [1.82, 2.24) is 15.2 Å². The highest BCUT2D eigenvalue weighted by atomic mass is 35.5. The second-order valence-corrected chi connectivity index (χ2v) is 7.64. The van der Waals surface area contributed by atoms with E-state index in [2.05, 4.69) is 10.3 Å². The van der Waals surface area contributed by atoms with Gasteiger partial charge in [0.15, 0.2) is 11.7 Å². The summed E-state index contributed by atoms with van der Waals surface area (Å²) in [6.07, 6.45) is 4.86. The standard InChI is InChI=1S/C20H24ClN3O2/c21-17-4-2-1-3-16(17)18-13-23-19(26-18)5-6-20(25)24-9-7-14-11-22-12-15(14)8-10-24/h1-4,13-15,22H,5-12H2/t14-,15+. The zero-order valence-corrected chi connectivity index (χ0v) is 15.5. The average molecular weight is 374 g/mol. The van der Waals surface area contributed by atoms with E-state index in [4.69, 9.17) is 16.0 Å². The summed E-state index contributed by atoms with van der Waals surface area (Å²) < 4.78 is 5.80. The van der Waals surface area contributed by atoms with Crippen molar-refractivity contribution in [3.8, 4) is 11.3 Å². The van der Waals surface area contributed by atoms with Gasteiger partial charge < -0.3 is 14.6 Å². The smallest absolute Gasteiger partial charge is 0.223 e. The van der Waals surface area contributed by atoms with Gasteiger partial charge in [0.25, 0.3) is 0 Å². The van der Waals surface area contributed by atoms with Gasteiger partial charge in [0.2, 0.25) is 5.91 Å². The molecule has 2 saturated heterocycles. The lowest BCUT2D eigenvalue weighted by Gasteiger charge is -2.20. The molecule has 2 fully saturated rings. The minimum absolute atomic E-state index is 0.204. The fourth-order valence-corrected chi connectivity index (χ4v) is 4.28. The Morgan fingerprint density at radius 3 is 2.69 bits per heavy atom. The molecule has 1 N–H and O–H groups in total. The molecule has 4 rings (SSSR count). The predicted molar refractivity (Wildman–Crippen MR) is 101 cm³/mol. The van der Waals surface area contributed by atoms with E-state index in [0.29, 0.717) is 29.5 Å². The van der Waals surface area contributed by atoms with E-state index in [1.54, 1.807) is 6.20 Å². The molecule has 2 atom stereocenters. The molecule has 3 heterocycles. The summed E-state index contributed by atoms with van der Waals surface area (Å²) in [6.45, 7) is 3.96. The van der Waals surface area contributed by atoms with Crippen molar-refractivity contribution in [2.24, 2.45) is 11.8 Å². The van der Waals surface area contributed by atoms with Crippen LogP contribution in [0.15, 0.2) is 34.9 Å². The molecule has 6 heteroatoms. The number of hydrogen-bond donors (Lipinski definition) is 1. The largest absolute Gasteiger partial charge is 0.441 e. The third-order valence-corrected chi connectivity index (χ3v) is 5.95. The number of nitrogens with one attached hydrogen (secondary N) is 1. The van der Waals surface area contributed by atoms with E-state index in [0.717, 1.165) is 56.4 Å². The van der Waals surface area contributed by atoms with Crippen LogP contribution in [0.2, 0.25) is 5.02 Å². The van der Waals surface area contributed by atoms with E-state index in [1.165, 1.54) is 0 Å². The first-order valence-corrected chi connectivity index (χ1v) is 9.76. The van der Waals surface area contributed by atoms with Gasteiger partial charge in [-0.2, -0.15) is 0 Å². The van der Waals surface area contributed by atoms with Gasteiger partial charge in [-0.15, -0.1) is 0 Å². The number of carbonyl (C=O) groups is 1. The molecule has 5 nitrogen and oxygen atoms in total. The average Bonchev–Trinajstić information content (AvgIpc) is 3.26. The molecule has 2 aliphatic heterocycles. The van der Waals surface area contributed by atoms with Crippen LogP contribution in [0, 0.1) is 11.8 Å². The number of nitrogens with zero attached hydrogens (tertiary/aromatic N) is 2. The summed E-state index contributed by atoms with van der Waals surface area (Å²) in [4.78, 5) is 18.9. The number of benzene rings is 1. The van der Waals surface area contributed by atoms with Crippen molar-refractivity contribution >= 4 is 17.5 Å². The van der Waals surface area contributed by atoms with Crippen molar-refractivity contribution in [3.05, 3.63) is 41.4 Å². The number of aryl methyl sites for hydroxylation is 1. The molecule has 0 radical (unpaired) electrons. The number of amides is 1. The Morgan fingerprint density at radius 1 is 1.23 bits per heavy atom. The second kappa shape index (κ2) is 7.80. The van der Waals surface area contributed by atoms with Crippen LogP contribution < -0.4 is 5.32 Å². The Morgan fingerprint density at radius 2 is 1.96 bits per heavy atom. The van der Waals surface area contributed by atoms with Crippen molar-refractivity contribution in [3.63, 3.8) is 0 Å². The third-order valence-electron chi connectivity index (χ3n) is 5.62. The molecule has 1 amide bonds. The highest BCUT2D eigenvalue weighted by molar-refractivity contribution is 6.33. The number of carbonyl (C=O) groups excluding carboxylic acids is 1. The maximum absolute atomic E-state index is 12.6. The van der Waals surface area contributed by atoms with Crippen molar-refractivity contribution in [2.75, 3.05) is 26.2 Å². The zero-order valence-electron chi connectivity index (χ0n) is 14.8. The van der Waals surface area contributed by atoms with Gasteiger partial charge in [0.05, 0.1) is 11.2 Å². The second-order valence-electron chi connectivity index (χ2n) is 7.23. The van der Waals surface area contributed by atoms with Gasteiger partial charge >= 0.3 is 0 Å². The number of fused-ring (bicyclic) bond motifs is 1. The minimum Gasteiger partial charge on any atom is -0.441 e. The van der Waals surface area contributed by atoms with Crippen LogP contribution in [0.25, 0.3) is 11.3 Å². The van der Waals surface area contributed by atoms with Crippen LogP contribution in [-0.4, -0.2) is 42.0 Å². The van der Waals surface area contributed by atoms with Crippen molar-refractivity contribution in [1.29, 1.82) is 0 Å². The lowest BCUT2D eigenvalue weighted by atomic mass is 9.92. The first-order valence-electron chi connectivity index (χ1n) is 9.39. The molecule has 0 bridgehead atoms. The summed E-state index contributed by atoms with van der Waals surface area (Å²) in [5.74, 6) is 2.91. The van der Waals surface area contributed by atoms with E-state index in [9.17, 15) is 4.79 Å². The van der Waals surface area contributed by atoms with E-state index in [1.807, 2.05) is 29.2 Å². The number of hydrogen-bond acceptors (Lipinski definition) is 4. The molecular formula is C20H24ClN3O2. The number of halogens is 1. The monoisotopic (exact) mass is 373 g/mol. The van der Waals surface area contributed by atoms with E-state index in [-0.39, 0.29) is 5.91 Å². The summed E-state index contributed by atoms with van der Waals surface area (Å²) in [6, 6.07) is 7.53. The molecule has 2 aromatic rings. The van der Waals surface area contributed by atoms with Crippen LogP contribution in [0.1, 0.15) is 25.2 Å². The molecule has 2 aliphatic rings. The first-order chi connectivity index (χ1) is 12.7. The van der Waals surface area contributed by atoms with Gasteiger partial charge in [-0.05, 0) is 49.9 Å². The number of rotatable bonds is 4. The Hall–Kier alpha value is -1.85. The van der Waals surface area contributed by atoms with Gasteiger partial charge in [-0.25, -0.2) is 4.98 Å². The minimum atomic E-state index is 0.204. The molecule has 0 saturated carbocycles. The fourth-order valence-electron chi connectivity index (χ4n) is 4.05. The molecule has 138 valence electrons. The van der Waals surface area contributed by atoms with Gasteiger partial charge in [0.1, 0.15) is 0 Å². The quantitative estimate of drug-likeness (QED) is 0.892. The summed E-state index contributed by atoms with van der Waals surface area (Å²) in [5, 5.41) is 4.10. The maximum atomic E-state index is 12.6. The maximum Gasteiger partial charge on any atom is 0.223 e. The van der Waals surface area contributed by atoms with Crippen LogP contribution in [0.3, 0.4) is 0 Å². The van der Waals surface area contributed by atoms with Crippen LogP contribution in [0.5, 0.6) is 0 Å². The van der Waals surface area contributed by atoms with E-state index >= 15 is 0 Å². The summed E-state index contributed by atoms with van der Waals surface area (Å²) >= 11 is 6.20. The zero-order chi connectivity index (χ0) is 17.9. The highest BCUT2D eigenvalue weighted by Crippen LogP contribution is 2.29. The summed E-state index contributed by atoms with van der Waals surface area (Å²) in [5.41, 5.74) is 0.826. The van der Waals surface area contributed by atoms with Crippen LogP contribution >= 0.6 is 11.6 Å². The lowest BCUT2D eigenvalue weighted by Crippen LogP contribution is -2.32. The Labute approximate surface area is 158 Å². The van der Waals surface area contributed by atoms with E-state index < -0.39 is 0 Å². The molecule has 1 aromatic carbocycles. The Bertz CT molecular complexity index is 762. The van der Waals surface area contributed by atoms with Gasteiger partial charge in [0, 0.05) is 31.5 Å². The SMILES string of the molecule is O=C(CCc1ncc(-c2ccccc2Cl)o1)N1CC[C@@H]2CNC[C@@H]2CC1. The third kappa shape index (κ3) is 3.79. The molecule has 0 aliphatic carbocycles. The molecule has 1 aromatic heterocycles. The van der Waals surface area contributed by atoms with Crippen LogP contribution in [0.4, 0.5) is 0 Å². The van der Waals surface area contributed by atoms with Gasteiger partial charge in [-0.1, -0.05) is 23.7 Å². The molecule has 26 heavy (non-hydrogen) atoms. The Balaban J connectivity index is 1.33. The number of oxazole rings is 1. The fraction of sp³-hybridized carbons (Fsp3) is 0.500. The molecular weight excluding hydrogens is 350 g/mol. The molecule has 0 unspecified atom stereocenters. The Kier molecular flexibility index (Phi) is 5.27. The van der Waals surface area contributed by atoms with Crippen molar-refractivity contribution in [2.45, 2.75) is 25.7 Å². The van der Waals surface area contributed by atoms with Crippen molar-refractivity contribution < 1.29 is 9.21 Å². The summed E-state index contributed by atoms with van der Waals surface area (Å²) in [7, 11) is 0. The lowest BCUT2D eigenvalue weighted by molar-refractivity contribution is -0.131. The topological polar surface area (TPSA) is 58.4 Å². The molecule has 0 spiro atoms. The highest BCUT2D eigenvalue weighted by Gasteiger charge is 2.31. The normalized spacial score (nSPS) is 22.9. The predicted octanol–water partition coefficient (Wildman–Crippen LogP) is 3.39. The number of aromatic nitrogens is 1. The van der Waals surface area contributed by atoms with Crippen LogP contribution in [-0.2, 0) is 11.2 Å². The first kappa shape index (κ1) is 17.6.